The molecule has 4 aromatic rings. The zero-order valence-corrected chi connectivity index (χ0v) is 33.1. The van der Waals surface area contributed by atoms with Crippen molar-refractivity contribution in [2.24, 2.45) is 11.8 Å². The third-order valence-corrected chi connectivity index (χ3v) is 10.6. The zero-order chi connectivity index (χ0) is 39.9. The number of alkyl carbamates (subject to hydrolysis) is 2. The number of H-pyrrole nitrogens is 2. The summed E-state index contributed by atoms with van der Waals surface area (Å²) < 4.78 is 9.57. The lowest BCUT2D eigenvalue weighted by Gasteiger charge is -2.29. The minimum Gasteiger partial charge on any atom is -0.453 e. The topological polar surface area (TPSA) is 175 Å². The number of aromatic nitrogens is 4. The highest BCUT2D eigenvalue weighted by Gasteiger charge is 2.38. The SMILES string of the molecule is COC(=O)N[C@@H](CC(C)C)C(=O)N1CCC[C@H]1c1ncc(-c2ccc(-c3ccc(-c4cnc([C@@H]5CCCN5C(=O)[C@H](CC(C)C)NC(=O)OC)[nH]4)cc3)cc2)[nH]1. The molecule has 4 N–H and O–H groups in total. The first kappa shape index (κ1) is 40.0. The average molecular weight is 767 g/mol. The van der Waals surface area contributed by atoms with Gasteiger partial charge in [0.25, 0.3) is 0 Å². The van der Waals surface area contributed by atoms with Crippen LogP contribution < -0.4 is 10.6 Å². The molecule has 0 bridgehead atoms. The van der Waals surface area contributed by atoms with Gasteiger partial charge in [-0.15, -0.1) is 0 Å². The molecule has 14 heteroatoms. The summed E-state index contributed by atoms with van der Waals surface area (Å²) in [6.45, 7) is 9.28. The highest BCUT2D eigenvalue weighted by atomic mass is 16.5. The quantitative estimate of drug-likeness (QED) is 0.113. The van der Waals surface area contributed by atoms with Crippen LogP contribution in [-0.2, 0) is 19.1 Å². The van der Waals surface area contributed by atoms with Crippen LogP contribution in [-0.4, -0.2) is 93.1 Å². The van der Waals surface area contributed by atoms with Crippen LogP contribution in [0, 0.1) is 11.8 Å². The van der Waals surface area contributed by atoms with E-state index >= 15 is 0 Å². The maximum Gasteiger partial charge on any atom is 0.407 e. The van der Waals surface area contributed by atoms with E-state index in [4.69, 9.17) is 9.47 Å². The van der Waals surface area contributed by atoms with Crippen molar-refractivity contribution in [1.29, 1.82) is 0 Å². The normalized spacial score (nSPS) is 17.9. The van der Waals surface area contributed by atoms with E-state index in [1.165, 1.54) is 14.2 Å². The minimum atomic E-state index is -0.664. The van der Waals surface area contributed by atoms with E-state index in [0.717, 1.165) is 71.0 Å². The van der Waals surface area contributed by atoms with Crippen LogP contribution in [0.1, 0.15) is 90.0 Å². The summed E-state index contributed by atoms with van der Waals surface area (Å²) in [4.78, 5) is 71.2. The molecule has 0 spiro atoms. The number of methoxy groups -OCH3 is 2. The molecule has 298 valence electrons. The fourth-order valence-corrected chi connectivity index (χ4v) is 7.81. The van der Waals surface area contributed by atoms with Gasteiger partial charge in [-0.05, 0) is 72.6 Å². The van der Waals surface area contributed by atoms with Gasteiger partial charge in [-0.25, -0.2) is 19.6 Å². The van der Waals surface area contributed by atoms with Crippen LogP contribution >= 0.6 is 0 Å². The third kappa shape index (κ3) is 9.23. The minimum absolute atomic E-state index is 0.123. The number of nitrogens with zero attached hydrogens (tertiary/aromatic N) is 4. The molecule has 4 amide bonds. The van der Waals surface area contributed by atoms with Gasteiger partial charge in [0.1, 0.15) is 23.7 Å². The van der Waals surface area contributed by atoms with Gasteiger partial charge < -0.3 is 39.9 Å². The van der Waals surface area contributed by atoms with E-state index in [2.05, 4.69) is 79.1 Å². The number of hydrogen-bond acceptors (Lipinski definition) is 8. The van der Waals surface area contributed by atoms with Gasteiger partial charge in [0.2, 0.25) is 11.8 Å². The molecule has 0 radical (unpaired) electrons. The average Bonchev–Trinajstić information content (AvgIpc) is 4.03. The zero-order valence-electron chi connectivity index (χ0n) is 33.1. The Balaban J connectivity index is 1.10. The smallest absolute Gasteiger partial charge is 0.407 e. The number of imidazole rings is 2. The summed E-state index contributed by atoms with van der Waals surface area (Å²) in [5, 5.41) is 5.45. The first-order chi connectivity index (χ1) is 26.9. The number of benzene rings is 2. The van der Waals surface area contributed by atoms with Crippen molar-refractivity contribution >= 4 is 24.0 Å². The van der Waals surface area contributed by atoms with E-state index in [0.29, 0.717) is 25.9 Å². The molecule has 14 nitrogen and oxygen atoms in total. The van der Waals surface area contributed by atoms with Crippen molar-refractivity contribution in [2.45, 2.75) is 90.4 Å². The number of carbonyl (C=O) groups excluding carboxylic acids is 4. The number of amides is 4. The lowest BCUT2D eigenvalue weighted by molar-refractivity contribution is -0.135. The van der Waals surface area contributed by atoms with Gasteiger partial charge in [0, 0.05) is 13.1 Å². The second-order valence-corrected chi connectivity index (χ2v) is 15.5. The molecule has 2 aromatic carbocycles. The molecule has 4 heterocycles. The Kier molecular flexibility index (Phi) is 12.8. The summed E-state index contributed by atoms with van der Waals surface area (Å²) in [7, 11) is 2.60. The molecule has 6 rings (SSSR count). The molecule has 4 atom stereocenters. The predicted molar refractivity (Wildman–Crippen MR) is 212 cm³/mol. The number of rotatable bonds is 13. The first-order valence-corrected chi connectivity index (χ1v) is 19.6. The second kappa shape index (κ2) is 17.9. The number of ether oxygens (including phenoxy) is 2. The van der Waals surface area contributed by atoms with Crippen molar-refractivity contribution < 1.29 is 28.7 Å². The van der Waals surface area contributed by atoms with Crippen LogP contribution in [0.5, 0.6) is 0 Å². The Morgan fingerprint density at radius 1 is 0.643 bits per heavy atom. The van der Waals surface area contributed by atoms with Gasteiger partial charge in [0.15, 0.2) is 0 Å². The number of carbonyl (C=O) groups is 4. The number of aromatic amines is 2. The molecule has 2 fully saturated rings. The fourth-order valence-electron chi connectivity index (χ4n) is 7.81. The van der Waals surface area contributed by atoms with E-state index in [1.54, 1.807) is 12.4 Å². The standard InChI is InChI=1S/C42H54N8O6/c1-25(2)21-31(47-41(53)55-5)39(51)49-19-7-9-35(49)37-43-23-33(45-37)29-15-11-27(12-16-29)28-13-17-30(18-14-28)34-24-44-38(46-34)36-10-8-20-50(36)40(52)32(22-26(3)4)48-42(54)56-6/h11-18,23-26,31-32,35-36H,7-10,19-22H2,1-6H3,(H,43,45)(H,44,46)(H,47,53)(H,48,54)/t31-,32-,35-,36-/m0/s1. The Bertz CT molecular complexity index is 1830. The molecule has 2 saturated heterocycles. The largest absolute Gasteiger partial charge is 0.453 e. The summed E-state index contributed by atoms with van der Waals surface area (Å²) >= 11 is 0. The summed E-state index contributed by atoms with van der Waals surface area (Å²) in [5.41, 5.74) is 5.80. The molecule has 2 aliphatic heterocycles. The maximum atomic E-state index is 13.6. The van der Waals surface area contributed by atoms with Crippen LogP contribution in [0.2, 0.25) is 0 Å². The molecular formula is C42H54N8O6. The van der Waals surface area contributed by atoms with Crippen molar-refractivity contribution in [2.75, 3.05) is 27.3 Å². The Hall–Kier alpha value is -5.66. The molecule has 0 saturated carbocycles. The van der Waals surface area contributed by atoms with Crippen molar-refractivity contribution in [3.8, 4) is 33.6 Å². The maximum absolute atomic E-state index is 13.6. The Morgan fingerprint density at radius 2 is 1.00 bits per heavy atom. The summed E-state index contributed by atoms with van der Waals surface area (Å²) in [5.74, 6) is 1.64. The lowest BCUT2D eigenvalue weighted by atomic mass is 10.0. The molecule has 0 aliphatic carbocycles. The van der Waals surface area contributed by atoms with Gasteiger partial charge in [0.05, 0.1) is 50.1 Å². The van der Waals surface area contributed by atoms with E-state index in [9.17, 15) is 19.2 Å². The second-order valence-electron chi connectivity index (χ2n) is 15.5. The molecular weight excluding hydrogens is 713 g/mol. The molecule has 0 unspecified atom stereocenters. The van der Waals surface area contributed by atoms with Gasteiger partial charge in [-0.2, -0.15) is 0 Å². The van der Waals surface area contributed by atoms with Crippen molar-refractivity contribution in [1.82, 2.24) is 40.4 Å². The molecule has 56 heavy (non-hydrogen) atoms. The predicted octanol–water partition coefficient (Wildman–Crippen LogP) is 7.00. The lowest BCUT2D eigenvalue weighted by Crippen LogP contribution is -2.49. The van der Waals surface area contributed by atoms with Crippen LogP contribution in [0.15, 0.2) is 60.9 Å². The fraction of sp³-hybridized carbons (Fsp3) is 0.476. The number of nitrogens with one attached hydrogen (secondary N) is 4. The first-order valence-electron chi connectivity index (χ1n) is 19.6. The molecule has 2 aliphatic rings. The van der Waals surface area contributed by atoms with Crippen LogP contribution in [0.4, 0.5) is 9.59 Å². The monoisotopic (exact) mass is 766 g/mol. The highest BCUT2D eigenvalue weighted by molar-refractivity contribution is 5.87. The number of likely N-dealkylation sites (tertiary alicyclic amines) is 2. The van der Waals surface area contributed by atoms with Crippen molar-refractivity contribution in [3.63, 3.8) is 0 Å². The molecule has 2 aromatic heterocycles. The van der Waals surface area contributed by atoms with Crippen LogP contribution in [0.3, 0.4) is 0 Å². The Labute approximate surface area is 328 Å². The van der Waals surface area contributed by atoms with Gasteiger partial charge in [-0.3, -0.25) is 9.59 Å². The van der Waals surface area contributed by atoms with Crippen LogP contribution in [0.25, 0.3) is 33.6 Å². The third-order valence-electron chi connectivity index (χ3n) is 10.6. The number of hydrogen-bond donors (Lipinski definition) is 4. The Morgan fingerprint density at radius 3 is 1.34 bits per heavy atom. The van der Waals surface area contributed by atoms with Gasteiger partial charge >= 0.3 is 12.2 Å². The van der Waals surface area contributed by atoms with Crippen molar-refractivity contribution in [3.05, 3.63) is 72.6 Å². The van der Waals surface area contributed by atoms with E-state index < -0.39 is 24.3 Å². The van der Waals surface area contributed by atoms with E-state index in [-0.39, 0.29) is 35.7 Å². The summed E-state index contributed by atoms with van der Waals surface area (Å²) in [6, 6.07) is 14.8. The van der Waals surface area contributed by atoms with E-state index in [1.807, 2.05) is 37.5 Å². The van der Waals surface area contributed by atoms with Gasteiger partial charge in [-0.1, -0.05) is 76.2 Å². The summed E-state index contributed by atoms with van der Waals surface area (Å²) in [6.07, 6.45) is 6.69. The highest BCUT2D eigenvalue weighted by Crippen LogP contribution is 2.35.